The summed E-state index contributed by atoms with van der Waals surface area (Å²) < 4.78 is 42.9. The summed E-state index contributed by atoms with van der Waals surface area (Å²) in [5, 5.41) is 9.58. The van der Waals surface area contributed by atoms with Gasteiger partial charge in [-0.15, -0.1) is 11.6 Å². The molecule has 0 unspecified atom stereocenters. The smallest absolute Gasteiger partial charge is 0.416 e. The van der Waals surface area contributed by atoms with Gasteiger partial charge in [0.1, 0.15) is 5.75 Å². The lowest BCUT2D eigenvalue weighted by atomic mass is 10.1. The molecular weight excluding hydrogens is 281 g/mol. The average Bonchev–Trinajstić information content (AvgIpc) is 2.64. The van der Waals surface area contributed by atoms with Crippen LogP contribution >= 0.6 is 11.6 Å². The predicted octanol–water partition coefficient (Wildman–Crippen LogP) is 3.46. The van der Waals surface area contributed by atoms with Gasteiger partial charge in [0.25, 0.3) is 0 Å². The second-order valence-electron chi connectivity index (χ2n) is 4.73. The highest BCUT2D eigenvalue weighted by Gasteiger charge is 2.33. The third-order valence-electron chi connectivity index (χ3n) is 3.23. The molecule has 3 atom stereocenters. The van der Waals surface area contributed by atoms with Crippen LogP contribution in [0.1, 0.15) is 18.4 Å². The van der Waals surface area contributed by atoms with E-state index in [0.717, 1.165) is 12.1 Å². The van der Waals surface area contributed by atoms with Crippen molar-refractivity contribution >= 4 is 11.6 Å². The molecule has 0 aliphatic heterocycles. The van der Waals surface area contributed by atoms with E-state index in [4.69, 9.17) is 16.3 Å². The highest BCUT2D eigenvalue weighted by molar-refractivity contribution is 6.20. The van der Waals surface area contributed by atoms with E-state index in [-0.39, 0.29) is 23.7 Å². The molecule has 0 spiro atoms. The maximum atomic E-state index is 12.5. The Morgan fingerprint density at radius 1 is 1.32 bits per heavy atom. The molecule has 1 saturated carbocycles. The SMILES string of the molecule is O[C@@H]1C[C@@H](Cl)C[C@H]1COc1cccc(C(F)(F)F)c1. The summed E-state index contributed by atoms with van der Waals surface area (Å²) in [7, 11) is 0. The van der Waals surface area contributed by atoms with Gasteiger partial charge < -0.3 is 9.84 Å². The fraction of sp³-hybridized carbons (Fsp3) is 0.538. The zero-order valence-electron chi connectivity index (χ0n) is 10.0. The summed E-state index contributed by atoms with van der Waals surface area (Å²) in [5.74, 6) is 0.0251. The molecule has 106 valence electrons. The molecule has 0 radical (unpaired) electrons. The van der Waals surface area contributed by atoms with Gasteiger partial charge >= 0.3 is 6.18 Å². The first-order chi connectivity index (χ1) is 8.86. The number of aliphatic hydroxyl groups excluding tert-OH is 1. The number of hydrogen-bond donors (Lipinski definition) is 1. The van der Waals surface area contributed by atoms with Crippen LogP contribution in [0.4, 0.5) is 13.2 Å². The Morgan fingerprint density at radius 3 is 2.63 bits per heavy atom. The van der Waals surface area contributed by atoms with Gasteiger partial charge in [-0.05, 0) is 31.0 Å². The van der Waals surface area contributed by atoms with Crippen molar-refractivity contribution in [3.05, 3.63) is 29.8 Å². The summed E-state index contributed by atoms with van der Waals surface area (Å²) in [6.45, 7) is 0.172. The number of hydrogen-bond acceptors (Lipinski definition) is 2. The Kier molecular flexibility index (Phi) is 4.26. The summed E-state index contributed by atoms with van der Waals surface area (Å²) in [6, 6.07) is 4.72. The summed E-state index contributed by atoms with van der Waals surface area (Å²) >= 11 is 5.90. The molecule has 0 saturated heterocycles. The maximum absolute atomic E-state index is 12.5. The zero-order chi connectivity index (χ0) is 14.0. The van der Waals surface area contributed by atoms with Crippen LogP contribution in [0.3, 0.4) is 0 Å². The largest absolute Gasteiger partial charge is 0.493 e. The maximum Gasteiger partial charge on any atom is 0.416 e. The van der Waals surface area contributed by atoms with E-state index in [1.807, 2.05) is 0 Å². The van der Waals surface area contributed by atoms with Crippen molar-refractivity contribution in [1.29, 1.82) is 0 Å². The number of aliphatic hydroxyl groups is 1. The van der Waals surface area contributed by atoms with Gasteiger partial charge in [0.15, 0.2) is 0 Å². The standard InChI is InChI=1S/C13H14ClF3O2/c14-10-4-8(12(18)6-10)7-19-11-3-1-2-9(5-11)13(15,16)17/h1-3,5,8,10,12,18H,4,6-7H2/t8-,10-,12+/m0/s1. The first-order valence-electron chi connectivity index (χ1n) is 5.98. The minimum atomic E-state index is -4.38. The third kappa shape index (κ3) is 3.76. The van der Waals surface area contributed by atoms with Crippen molar-refractivity contribution in [1.82, 2.24) is 0 Å². The second kappa shape index (κ2) is 5.59. The van der Waals surface area contributed by atoms with Gasteiger partial charge in [0, 0.05) is 11.3 Å². The molecule has 6 heteroatoms. The fourth-order valence-corrected chi connectivity index (χ4v) is 2.59. The van der Waals surface area contributed by atoms with Crippen molar-refractivity contribution < 1.29 is 23.0 Å². The van der Waals surface area contributed by atoms with Crippen LogP contribution in [0.2, 0.25) is 0 Å². The lowest BCUT2D eigenvalue weighted by Crippen LogP contribution is -2.20. The van der Waals surface area contributed by atoms with E-state index in [1.54, 1.807) is 0 Å². The Hall–Kier alpha value is -0.940. The van der Waals surface area contributed by atoms with Crippen molar-refractivity contribution in [3.63, 3.8) is 0 Å². The molecule has 1 aliphatic carbocycles. The summed E-state index contributed by atoms with van der Waals surface area (Å²) in [4.78, 5) is 0. The average molecular weight is 295 g/mol. The van der Waals surface area contributed by atoms with E-state index < -0.39 is 17.8 Å². The van der Waals surface area contributed by atoms with E-state index >= 15 is 0 Å². The fourth-order valence-electron chi connectivity index (χ4n) is 2.18. The Morgan fingerprint density at radius 2 is 2.05 bits per heavy atom. The van der Waals surface area contributed by atoms with Crippen LogP contribution in [-0.4, -0.2) is 23.2 Å². The third-order valence-corrected chi connectivity index (χ3v) is 3.58. The quantitative estimate of drug-likeness (QED) is 0.865. The number of alkyl halides is 4. The van der Waals surface area contributed by atoms with Crippen LogP contribution < -0.4 is 4.74 Å². The monoisotopic (exact) mass is 294 g/mol. The molecule has 0 bridgehead atoms. The Balaban J connectivity index is 1.97. The number of ether oxygens (including phenoxy) is 1. The Labute approximate surface area is 114 Å². The summed E-state index contributed by atoms with van der Waals surface area (Å²) in [6.07, 6.45) is -3.82. The number of benzene rings is 1. The molecule has 1 aliphatic rings. The first kappa shape index (κ1) is 14.5. The molecule has 1 N–H and O–H groups in total. The molecule has 1 aromatic carbocycles. The van der Waals surface area contributed by atoms with Crippen LogP contribution in [0.15, 0.2) is 24.3 Å². The van der Waals surface area contributed by atoms with Gasteiger partial charge in [-0.25, -0.2) is 0 Å². The minimum absolute atomic E-state index is 0.0925. The molecule has 2 nitrogen and oxygen atoms in total. The topological polar surface area (TPSA) is 29.5 Å². The van der Waals surface area contributed by atoms with Crippen molar-refractivity contribution in [2.75, 3.05) is 6.61 Å². The summed E-state index contributed by atoms with van der Waals surface area (Å²) in [5.41, 5.74) is -0.743. The van der Waals surface area contributed by atoms with E-state index in [0.29, 0.717) is 12.8 Å². The van der Waals surface area contributed by atoms with Crippen molar-refractivity contribution in [3.8, 4) is 5.75 Å². The molecular formula is C13H14ClF3O2. The van der Waals surface area contributed by atoms with E-state index in [1.165, 1.54) is 12.1 Å². The molecule has 1 fully saturated rings. The van der Waals surface area contributed by atoms with Crippen LogP contribution in [0.5, 0.6) is 5.75 Å². The minimum Gasteiger partial charge on any atom is -0.493 e. The molecule has 0 heterocycles. The second-order valence-corrected chi connectivity index (χ2v) is 5.35. The van der Waals surface area contributed by atoms with Gasteiger partial charge in [-0.2, -0.15) is 13.2 Å². The normalized spacial score (nSPS) is 27.5. The van der Waals surface area contributed by atoms with Crippen LogP contribution in [0, 0.1) is 5.92 Å². The van der Waals surface area contributed by atoms with Crippen molar-refractivity contribution in [2.24, 2.45) is 5.92 Å². The van der Waals surface area contributed by atoms with Crippen molar-refractivity contribution in [2.45, 2.75) is 30.5 Å². The van der Waals surface area contributed by atoms with Gasteiger partial charge in [0.2, 0.25) is 0 Å². The highest BCUT2D eigenvalue weighted by atomic mass is 35.5. The molecule has 0 aromatic heterocycles. The lowest BCUT2D eigenvalue weighted by molar-refractivity contribution is -0.137. The molecule has 1 aromatic rings. The van der Waals surface area contributed by atoms with Crippen LogP contribution in [0.25, 0.3) is 0 Å². The molecule has 2 rings (SSSR count). The highest BCUT2D eigenvalue weighted by Crippen LogP contribution is 2.33. The Bertz CT molecular complexity index is 436. The van der Waals surface area contributed by atoms with Gasteiger partial charge in [-0.3, -0.25) is 0 Å². The number of rotatable bonds is 3. The lowest BCUT2D eigenvalue weighted by Gasteiger charge is -2.16. The van der Waals surface area contributed by atoms with E-state index in [9.17, 15) is 18.3 Å². The molecule has 0 amide bonds. The van der Waals surface area contributed by atoms with Gasteiger partial charge in [-0.1, -0.05) is 6.07 Å². The predicted molar refractivity (Wildman–Crippen MR) is 65.3 cm³/mol. The van der Waals surface area contributed by atoms with Gasteiger partial charge in [0.05, 0.1) is 18.3 Å². The number of halogens is 4. The zero-order valence-corrected chi connectivity index (χ0v) is 10.8. The van der Waals surface area contributed by atoms with E-state index in [2.05, 4.69) is 0 Å². The van der Waals surface area contributed by atoms with Crippen LogP contribution in [-0.2, 0) is 6.18 Å². The molecule has 19 heavy (non-hydrogen) atoms. The first-order valence-corrected chi connectivity index (χ1v) is 6.42.